The van der Waals surface area contributed by atoms with Gasteiger partial charge in [0.2, 0.25) is 0 Å². The Bertz CT molecular complexity index is 431. The van der Waals surface area contributed by atoms with Crippen LogP contribution in [0.25, 0.3) is 0 Å². The van der Waals surface area contributed by atoms with Gasteiger partial charge in [-0.25, -0.2) is 0 Å². The smallest absolute Gasteiger partial charge is 0.325 e. The minimum Gasteiger partial charge on any atom is -0.465 e. The maximum Gasteiger partial charge on any atom is 0.325 e. The summed E-state index contributed by atoms with van der Waals surface area (Å²) in [5.41, 5.74) is 0. The van der Waals surface area contributed by atoms with Gasteiger partial charge in [-0.3, -0.25) is 9.59 Å². The van der Waals surface area contributed by atoms with Crippen LogP contribution in [-0.4, -0.2) is 36.0 Å². The molecule has 1 rings (SSSR count). The molecule has 1 aromatic heterocycles. The van der Waals surface area contributed by atoms with E-state index in [2.05, 4.69) is 15.9 Å². The van der Waals surface area contributed by atoms with Crippen molar-refractivity contribution in [2.24, 2.45) is 0 Å². The quantitative estimate of drug-likeness (QED) is 0.778. The minimum atomic E-state index is -0.382. The molecule has 0 radical (unpaired) electrons. The first-order valence-corrected chi connectivity index (χ1v) is 7.34. The number of esters is 1. The van der Waals surface area contributed by atoms with Crippen LogP contribution < -0.4 is 0 Å². The number of rotatable bonds is 5. The second kappa shape index (κ2) is 6.89. The lowest BCUT2D eigenvalue weighted by atomic mass is 10.3. The first-order valence-electron chi connectivity index (χ1n) is 5.67. The van der Waals surface area contributed by atoms with E-state index < -0.39 is 0 Å². The topological polar surface area (TPSA) is 46.6 Å². The lowest BCUT2D eigenvalue weighted by Crippen LogP contribution is -2.41. The van der Waals surface area contributed by atoms with Crippen LogP contribution in [0, 0.1) is 0 Å². The standard InChI is InChI=1S/C12H16BrNO3S/c1-4-17-10(15)7-14(8(2)3)12(16)11-9(13)5-6-18-11/h5-6,8H,4,7H2,1-3H3. The van der Waals surface area contributed by atoms with Crippen molar-refractivity contribution in [3.05, 3.63) is 20.8 Å². The molecule has 1 heterocycles. The summed E-state index contributed by atoms with van der Waals surface area (Å²) < 4.78 is 5.64. The van der Waals surface area contributed by atoms with Crippen molar-refractivity contribution >= 4 is 39.1 Å². The van der Waals surface area contributed by atoms with Gasteiger partial charge in [0.1, 0.15) is 11.4 Å². The van der Waals surface area contributed by atoms with Crippen molar-refractivity contribution in [2.45, 2.75) is 26.8 Å². The summed E-state index contributed by atoms with van der Waals surface area (Å²) in [6.07, 6.45) is 0. The Morgan fingerprint density at radius 1 is 1.50 bits per heavy atom. The first kappa shape index (κ1) is 15.2. The molecule has 0 spiro atoms. The van der Waals surface area contributed by atoms with Crippen LogP contribution in [0.15, 0.2) is 15.9 Å². The van der Waals surface area contributed by atoms with Crippen molar-refractivity contribution in [1.82, 2.24) is 4.90 Å². The Labute approximate surface area is 119 Å². The van der Waals surface area contributed by atoms with Gasteiger partial charge in [-0.15, -0.1) is 11.3 Å². The van der Waals surface area contributed by atoms with Gasteiger partial charge in [0.15, 0.2) is 0 Å². The van der Waals surface area contributed by atoms with Crippen LogP contribution in [0.3, 0.4) is 0 Å². The average molecular weight is 334 g/mol. The van der Waals surface area contributed by atoms with Crippen LogP contribution in [0.5, 0.6) is 0 Å². The molecule has 0 fully saturated rings. The number of hydrogen-bond acceptors (Lipinski definition) is 4. The van der Waals surface area contributed by atoms with E-state index in [0.717, 1.165) is 4.47 Å². The normalized spacial score (nSPS) is 10.5. The first-order chi connectivity index (χ1) is 8.47. The number of amides is 1. The van der Waals surface area contributed by atoms with Crippen molar-refractivity contribution in [3.8, 4) is 0 Å². The number of halogens is 1. The largest absolute Gasteiger partial charge is 0.465 e. The summed E-state index contributed by atoms with van der Waals surface area (Å²) >= 11 is 4.68. The number of thiophene rings is 1. The molecule has 0 aromatic carbocycles. The highest BCUT2D eigenvalue weighted by Gasteiger charge is 2.24. The molecule has 0 saturated carbocycles. The summed E-state index contributed by atoms with van der Waals surface area (Å²) in [6.45, 7) is 5.79. The van der Waals surface area contributed by atoms with E-state index in [9.17, 15) is 9.59 Å². The Kier molecular flexibility index (Phi) is 5.81. The Hall–Kier alpha value is -0.880. The zero-order valence-corrected chi connectivity index (χ0v) is 13.0. The SMILES string of the molecule is CCOC(=O)CN(C(=O)c1sccc1Br)C(C)C. The monoisotopic (exact) mass is 333 g/mol. The molecule has 1 amide bonds. The van der Waals surface area contributed by atoms with Crippen molar-refractivity contribution < 1.29 is 14.3 Å². The van der Waals surface area contributed by atoms with Gasteiger partial charge < -0.3 is 9.64 Å². The maximum absolute atomic E-state index is 12.3. The molecule has 6 heteroatoms. The highest BCUT2D eigenvalue weighted by atomic mass is 79.9. The second-order valence-electron chi connectivity index (χ2n) is 3.93. The Balaban J connectivity index is 2.83. The molecule has 0 N–H and O–H groups in total. The summed E-state index contributed by atoms with van der Waals surface area (Å²) in [5, 5.41) is 1.83. The van der Waals surface area contributed by atoms with Crippen LogP contribution >= 0.6 is 27.3 Å². The number of carbonyl (C=O) groups excluding carboxylic acids is 2. The molecule has 18 heavy (non-hydrogen) atoms. The number of ether oxygens (including phenoxy) is 1. The number of carbonyl (C=O) groups is 2. The maximum atomic E-state index is 12.3. The minimum absolute atomic E-state index is 0.0192. The molecular weight excluding hydrogens is 318 g/mol. The third kappa shape index (κ3) is 3.81. The van der Waals surface area contributed by atoms with Gasteiger partial charge in [-0.05, 0) is 48.1 Å². The average Bonchev–Trinajstić information content (AvgIpc) is 2.71. The lowest BCUT2D eigenvalue weighted by molar-refractivity contribution is -0.144. The van der Waals surface area contributed by atoms with Crippen molar-refractivity contribution in [1.29, 1.82) is 0 Å². The van der Waals surface area contributed by atoms with E-state index in [0.29, 0.717) is 11.5 Å². The van der Waals surface area contributed by atoms with Crippen LogP contribution in [0.1, 0.15) is 30.4 Å². The molecule has 0 aliphatic carbocycles. The van der Waals surface area contributed by atoms with Gasteiger partial charge >= 0.3 is 5.97 Å². The van der Waals surface area contributed by atoms with Gasteiger partial charge in [0, 0.05) is 10.5 Å². The van der Waals surface area contributed by atoms with Crippen LogP contribution in [-0.2, 0) is 9.53 Å². The predicted octanol–water partition coefficient (Wildman–Crippen LogP) is 2.92. The summed E-state index contributed by atoms with van der Waals surface area (Å²) in [5.74, 6) is -0.535. The second-order valence-corrected chi connectivity index (χ2v) is 5.70. The highest BCUT2D eigenvalue weighted by Crippen LogP contribution is 2.24. The van der Waals surface area contributed by atoms with Crippen LogP contribution in [0.2, 0.25) is 0 Å². The summed E-state index contributed by atoms with van der Waals surface area (Å²) in [4.78, 5) is 25.9. The predicted molar refractivity (Wildman–Crippen MR) is 74.8 cm³/mol. The number of hydrogen-bond donors (Lipinski definition) is 0. The molecule has 4 nitrogen and oxygen atoms in total. The third-order valence-electron chi connectivity index (χ3n) is 2.30. The molecule has 1 aromatic rings. The fourth-order valence-corrected chi connectivity index (χ4v) is 2.91. The fourth-order valence-electron chi connectivity index (χ4n) is 1.41. The Morgan fingerprint density at radius 2 is 2.17 bits per heavy atom. The van der Waals surface area contributed by atoms with Gasteiger partial charge in [-0.2, -0.15) is 0 Å². The Morgan fingerprint density at radius 3 is 2.61 bits per heavy atom. The molecule has 0 unspecified atom stereocenters. The van der Waals surface area contributed by atoms with E-state index in [-0.39, 0.29) is 24.5 Å². The summed E-state index contributed by atoms with van der Waals surface area (Å²) in [7, 11) is 0. The van der Waals surface area contributed by atoms with E-state index in [1.807, 2.05) is 25.3 Å². The number of nitrogens with zero attached hydrogens (tertiary/aromatic N) is 1. The van der Waals surface area contributed by atoms with E-state index >= 15 is 0 Å². The van der Waals surface area contributed by atoms with Crippen molar-refractivity contribution in [2.75, 3.05) is 13.2 Å². The zero-order chi connectivity index (χ0) is 13.7. The molecule has 0 bridgehead atoms. The van der Waals surface area contributed by atoms with Crippen LogP contribution in [0.4, 0.5) is 0 Å². The molecule has 0 atom stereocenters. The van der Waals surface area contributed by atoms with Gasteiger partial charge in [0.05, 0.1) is 6.61 Å². The highest BCUT2D eigenvalue weighted by molar-refractivity contribution is 9.10. The fraction of sp³-hybridized carbons (Fsp3) is 0.500. The van der Waals surface area contributed by atoms with E-state index in [1.165, 1.54) is 16.2 Å². The molecule has 0 aliphatic heterocycles. The van der Waals surface area contributed by atoms with Crippen molar-refractivity contribution in [3.63, 3.8) is 0 Å². The lowest BCUT2D eigenvalue weighted by Gasteiger charge is -2.25. The zero-order valence-electron chi connectivity index (χ0n) is 10.6. The molecule has 0 aliphatic rings. The molecule has 100 valence electrons. The van der Waals surface area contributed by atoms with Gasteiger partial charge in [-0.1, -0.05) is 0 Å². The molecular formula is C12H16BrNO3S. The third-order valence-corrected chi connectivity index (χ3v) is 4.13. The summed E-state index contributed by atoms with van der Waals surface area (Å²) in [6, 6.07) is 1.76. The van der Waals surface area contributed by atoms with Gasteiger partial charge in [0.25, 0.3) is 5.91 Å². The van der Waals surface area contributed by atoms with E-state index in [1.54, 1.807) is 6.92 Å². The molecule has 0 saturated heterocycles. The van der Waals surface area contributed by atoms with E-state index in [4.69, 9.17) is 4.74 Å².